The molecule has 1 unspecified atom stereocenters. The van der Waals surface area contributed by atoms with E-state index in [9.17, 15) is 13.2 Å². The number of hydrogen-bond acceptors (Lipinski definition) is 5. The van der Waals surface area contributed by atoms with Crippen LogP contribution in [0.25, 0.3) is 0 Å². The third-order valence-electron chi connectivity index (χ3n) is 2.30. The number of aryl methyl sites for hydroxylation is 2. The first-order valence-corrected chi connectivity index (χ1v) is 6.98. The molecule has 0 aromatic carbocycles. The maximum atomic E-state index is 12.1. The van der Waals surface area contributed by atoms with Gasteiger partial charge in [-0.15, -0.1) is 0 Å². The lowest BCUT2D eigenvalue weighted by atomic mass is 10.4. The zero-order valence-electron chi connectivity index (χ0n) is 10.8. The second-order valence-corrected chi connectivity index (χ2v) is 5.51. The summed E-state index contributed by atoms with van der Waals surface area (Å²) in [5.41, 5.74) is 0.784. The summed E-state index contributed by atoms with van der Waals surface area (Å²) in [5, 5.41) is 6.40. The molecule has 1 heterocycles. The Labute approximate surface area is 106 Å². The summed E-state index contributed by atoms with van der Waals surface area (Å²) < 4.78 is 31.2. The molecule has 0 radical (unpaired) electrons. The number of rotatable bonds is 5. The lowest BCUT2D eigenvalue weighted by molar-refractivity contribution is -0.144. The molecule has 1 aromatic rings. The third kappa shape index (κ3) is 3.08. The van der Waals surface area contributed by atoms with Gasteiger partial charge in [0.1, 0.15) is 10.9 Å². The van der Waals surface area contributed by atoms with Gasteiger partial charge in [0, 0.05) is 0 Å². The second-order valence-electron chi connectivity index (χ2n) is 3.86. The highest BCUT2D eigenvalue weighted by molar-refractivity contribution is 7.89. The molecule has 8 heteroatoms. The van der Waals surface area contributed by atoms with Crippen molar-refractivity contribution in [2.24, 2.45) is 0 Å². The first-order valence-electron chi connectivity index (χ1n) is 5.50. The topological polar surface area (TPSA) is 101 Å². The number of sulfonamides is 1. The van der Waals surface area contributed by atoms with E-state index in [4.69, 9.17) is 4.74 Å². The van der Waals surface area contributed by atoms with Gasteiger partial charge in [0.25, 0.3) is 0 Å². The van der Waals surface area contributed by atoms with E-state index in [0.717, 1.165) is 0 Å². The predicted octanol–water partition coefficient (Wildman–Crippen LogP) is 0.256. The van der Waals surface area contributed by atoms with Crippen LogP contribution in [-0.4, -0.2) is 37.2 Å². The van der Waals surface area contributed by atoms with E-state index >= 15 is 0 Å². The van der Waals surface area contributed by atoms with Crippen molar-refractivity contribution in [3.05, 3.63) is 11.4 Å². The van der Waals surface area contributed by atoms with Crippen LogP contribution in [0.4, 0.5) is 0 Å². The molecule has 2 N–H and O–H groups in total. The number of aromatic amines is 1. The van der Waals surface area contributed by atoms with Gasteiger partial charge in [0.15, 0.2) is 0 Å². The van der Waals surface area contributed by atoms with Crippen molar-refractivity contribution < 1.29 is 17.9 Å². The zero-order valence-corrected chi connectivity index (χ0v) is 11.6. The number of aromatic nitrogens is 2. The molecule has 0 aliphatic heterocycles. The number of carbonyl (C=O) groups is 1. The Balaban J connectivity index is 2.93. The maximum Gasteiger partial charge on any atom is 0.323 e. The van der Waals surface area contributed by atoms with Crippen molar-refractivity contribution in [1.29, 1.82) is 0 Å². The van der Waals surface area contributed by atoms with E-state index in [1.165, 1.54) is 6.92 Å². The SMILES string of the molecule is CCOC(=O)C(C)NS(=O)(=O)c1c(C)n[nH]c1C. The van der Waals surface area contributed by atoms with E-state index in [-0.39, 0.29) is 11.5 Å². The summed E-state index contributed by atoms with van der Waals surface area (Å²) in [4.78, 5) is 11.5. The minimum absolute atomic E-state index is 0.0682. The molecule has 102 valence electrons. The van der Waals surface area contributed by atoms with Crippen LogP contribution in [0, 0.1) is 13.8 Å². The molecular weight excluding hydrogens is 258 g/mol. The largest absolute Gasteiger partial charge is 0.465 e. The van der Waals surface area contributed by atoms with Crippen molar-refractivity contribution in [2.75, 3.05) is 6.61 Å². The summed E-state index contributed by atoms with van der Waals surface area (Å²) in [7, 11) is -3.79. The highest BCUT2D eigenvalue weighted by atomic mass is 32.2. The molecule has 0 aliphatic carbocycles. The van der Waals surface area contributed by atoms with Gasteiger partial charge >= 0.3 is 5.97 Å². The van der Waals surface area contributed by atoms with Gasteiger partial charge in [-0.25, -0.2) is 8.42 Å². The molecular formula is C10H17N3O4S. The molecule has 1 rings (SSSR count). The van der Waals surface area contributed by atoms with Crippen molar-refractivity contribution in [2.45, 2.75) is 38.6 Å². The van der Waals surface area contributed by atoms with Crippen LogP contribution in [0.3, 0.4) is 0 Å². The molecule has 1 aromatic heterocycles. The first-order chi connectivity index (χ1) is 8.29. The number of carbonyl (C=O) groups excluding carboxylic acids is 1. The molecule has 0 bridgehead atoms. The van der Waals surface area contributed by atoms with Crippen LogP contribution in [0.15, 0.2) is 4.90 Å². The van der Waals surface area contributed by atoms with Gasteiger partial charge in [-0.05, 0) is 27.7 Å². The lowest BCUT2D eigenvalue weighted by Gasteiger charge is -2.13. The van der Waals surface area contributed by atoms with E-state index in [1.807, 2.05) is 0 Å². The van der Waals surface area contributed by atoms with Crippen LogP contribution in [-0.2, 0) is 19.6 Å². The standard InChI is InChI=1S/C10H17N3O4S/c1-5-17-10(14)8(4)13-18(15,16)9-6(2)11-12-7(9)3/h8,13H,5H2,1-4H3,(H,11,12). The van der Waals surface area contributed by atoms with Crippen LogP contribution in [0.1, 0.15) is 25.2 Å². The molecule has 18 heavy (non-hydrogen) atoms. The fourth-order valence-electron chi connectivity index (χ4n) is 1.54. The molecule has 0 aliphatic rings. The fraction of sp³-hybridized carbons (Fsp3) is 0.600. The Hall–Kier alpha value is -1.41. The molecule has 0 fully saturated rings. The van der Waals surface area contributed by atoms with Crippen LogP contribution in [0.5, 0.6) is 0 Å². The van der Waals surface area contributed by atoms with Crippen LogP contribution >= 0.6 is 0 Å². The van der Waals surface area contributed by atoms with Crippen molar-refractivity contribution in [3.8, 4) is 0 Å². The summed E-state index contributed by atoms with van der Waals surface area (Å²) in [6, 6.07) is -0.941. The van der Waals surface area contributed by atoms with Gasteiger partial charge in [-0.2, -0.15) is 9.82 Å². The highest BCUT2D eigenvalue weighted by Gasteiger charge is 2.27. The van der Waals surface area contributed by atoms with Crippen molar-refractivity contribution in [1.82, 2.24) is 14.9 Å². The van der Waals surface area contributed by atoms with Gasteiger partial charge < -0.3 is 4.74 Å². The van der Waals surface area contributed by atoms with Crippen molar-refractivity contribution in [3.63, 3.8) is 0 Å². The molecule has 0 amide bonds. The quantitative estimate of drug-likeness (QED) is 0.750. The number of nitrogens with one attached hydrogen (secondary N) is 2. The van der Waals surface area contributed by atoms with Gasteiger partial charge in [-0.1, -0.05) is 0 Å². The number of nitrogens with zero attached hydrogens (tertiary/aromatic N) is 1. The Bertz CT molecular complexity index is 516. The third-order valence-corrected chi connectivity index (χ3v) is 4.10. The summed E-state index contributed by atoms with van der Waals surface area (Å²) in [6.45, 7) is 6.47. The first kappa shape index (κ1) is 14.7. The number of hydrogen-bond donors (Lipinski definition) is 2. The Morgan fingerprint density at radius 1 is 1.50 bits per heavy atom. The Kier molecular flexibility index (Phi) is 4.47. The Morgan fingerprint density at radius 3 is 2.56 bits per heavy atom. The fourth-order valence-corrected chi connectivity index (χ4v) is 3.11. The smallest absolute Gasteiger partial charge is 0.323 e. The average Bonchev–Trinajstić information content (AvgIpc) is 2.58. The number of H-pyrrole nitrogens is 1. The van der Waals surface area contributed by atoms with Crippen molar-refractivity contribution >= 4 is 16.0 Å². The average molecular weight is 275 g/mol. The number of esters is 1. The Morgan fingerprint density at radius 2 is 2.11 bits per heavy atom. The van der Waals surface area contributed by atoms with Gasteiger partial charge in [-0.3, -0.25) is 9.89 Å². The zero-order chi connectivity index (χ0) is 13.9. The monoisotopic (exact) mass is 275 g/mol. The number of ether oxygens (including phenoxy) is 1. The molecule has 1 atom stereocenters. The summed E-state index contributed by atoms with van der Waals surface area (Å²) in [6.07, 6.45) is 0. The highest BCUT2D eigenvalue weighted by Crippen LogP contribution is 2.16. The predicted molar refractivity (Wildman–Crippen MR) is 64.5 cm³/mol. The minimum Gasteiger partial charge on any atom is -0.465 e. The normalized spacial score (nSPS) is 13.3. The van der Waals surface area contributed by atoms with E-state index < -0.39 is 22.0 Å². The molecule has 0 saturated heterocycles. The van der Waals surface area contributed by atoms with Gasteiger partial charge in [0.2, 0.25) is 10.0 Å². The van der Waals surface area contributed by atoms with Gasteiger partial charge in [0.05, 0.1) is 18.0 Å². The summed E-state index contributed by atoms with van der Waals surface area (Å²) >= 11 is 0. The molecule has 0 spiro atoms. The second kappa shape index (κ2) is 5.49. The summed E-state index contributed by atoms with van der Waals surface area (Å²) in [5.74, 6) is -0.611. The minimum atomic E-state index is -3.79. The lowest BCUT2D eigenvalue weighted by Crippen LogP contribution is -2.39. The van der Waals surface area contributed by atoms with E-state index in [1.54, 1.807) is 20.8 Å². The maximum absolute atomic E-state index is 12.1. The van der Waals surface area contributed by atoms with E-state index in [2.05, 4.69) is 14.9 Å². The van der Waals surface area contributed by atoms with E-state index in [0.29, 0.717) is 11.4 Å². The molecule has 7 nitrogen and oxygen atoms in total. The molecule has 0 saturated carbocycles. The van der Waals surface area contributed by atoms with Crippen LogP contribution < -0.4 is 4.72 Å². The van der Waals surface area contributed by atoms with Crippen LogP contribution in [0.2, 0.25) is 0 Å².